The normalized spacial score (nSPS) is 11.2. The third-order valence-electron chi connectivity index (χ3n) is 3.46. The standard InChI is InChI=1S/C12H10N6O5/c1-16-8-5(2-4(13)3-6(8)14)11(19)17-10(16)9(18(22)23)7(15-17)12(20)21/h2-3H,13-14H2,1H3,(H,20,21). The van der Waals surface area contributed by atoms with Gasteiger partial charge >= 0.3 is 11.7 Å². The smallest absolute Gasteiger partial charge is 0.363 e. The predicted octanol–water partition coefficient (Wildman–Crippen LogP) is -0.0430. The van der Waals surface area contributed by atoms with Crippen LogP contribution in [-0.4, -0.2) is 30.2 Å². The van der Waals surface area contributed by atoms with Crippen molar-refractivity contribution in [3.63, 3.8) is 0 Å². The van der Waals surface area contributed by atoms with Crippen LogP contribution in [0.1, 0.15) is 10.5 Å². The van der Waals surface area contributed by atoms with E-state index in [9.17, 15) is 19.7 Å². The van der Waals surface area contributed by atoms with Gasteiger partial charge in [0.2, 0.25) is 11.3 Å². The summed E-state index contributed by atoms with van der Waals surface area (Å²) in [6, 6.07) is 2.75. The van der Waals surface area contributed by atoms with Crippen LogP contribution in [0.4, 0.5) is 17.1 Å². The topological polar surface area (TPSA) is 172 Å². The van der Waals surface area contributed by atoms with E-state index >= 15 is 0 Å². The highest BCUT2D eigenvalue weighted by atomic mass is 16.6. The van der Waals surface area contributed by atoms with Gasteiger partial charge in [0.1, 0.15) is 0 Å². The lowest BCUT2D eigenvalue weighted by atomic mass is 10.2. The molecule has 11 heteroatoms. The Balaban J connectivity index is 2.70. The Morgan fingerprint density at radius 2 is 2.04 bits per heavy atom. The van der Waals surface area contributed by atoms with Crippen LogP contribution in [0.5, 0.6) is 0 Å². The van der Waals surface area contributed by atoms with Gasteiger partial charge in [-0.15, -0.1) is 5.10 Å². The fourth-order valence-corrected chi connectivity index (χ4v) is 2.59. The van der Waals surface area contributed by atoms with Crippen molar-refractivity contribution in [3.8, 4) is 0 Å². The van der Waals surface area contributed by atoms with Crippen molar-refractivity contribution in [1.82, 2.24) is 14.2 Å². The molecule has 3 aromatic rings. The average molecular weight is 318 g/mol. The van der Waals surface area contributed by atoms with Crippen LogP contribution in [0.3, 0.4) is 0 Å². The van der Waals surface area contributed by atoms with Crippen molar-refractivity contribution in [2.75, 3.05) is 11.5 Å². The monoisotopic (exact) mass is 318 g/mol. The highest BCUT2D eigenvalue weighted by molar-refractivity contribution is 5.98. The molecule has 0 saturated carbocycles. The van der Waals surface area contributed by atoms with Crippen LogP contribution in [0.25, 0.3) is 16.6 Å². The van der Waals surface area contributed by atoms with Crippen LogP contribution in [0.2, 0.25) is 0 Å². The van der Waals surface area contributed by atoms with E-state index in [2.05, 4.69) is 5.10 Å². The molecule has 0 fully saturated rings. The van der Waals surface area contributed by atoms with Gasteiger partial charge < -0.3 is 21.1 Å². The number of nitro groups is 1. The van der Waals surface area contributed by atoms with Gasteiger partial charge in [-0.05, 0) is 12.1 Å². The van der Waals surface area contributed by atoms with Crippen molar-refractivity contribution in [1.29, 1.82) is 0 Å². The molecule has 3 rings (SSSR count). The quantitative estimate of drug-likeness (QED) is 0.335. The molecule has 118 valence electrons. The molecular weight excluding hydrogens is 308 g/mol. The van der Waals surface area contributed by atoms with E-state index in [4.69, 9.17) is 16.6 Å². The molecule has 0 unspecified atom stereocenters. The summed E-state index contributed by atoms with van der Waals surface area (Å²) < 4.78 is 1.92. The molecule has 2 heterocycles. The Morgan fingerprint density at radius 3 is 2.61 bits per heavy atom. The number of benzene rings is 1. The summed E-state index contributed by atoms with van der Waals surface area (Å²) in [5.41, 5.74) is 9.45. The molecule has 0 atom stereocenters. The van der Waals surface area contributed by atoms with Gasteiger partial charge in [-0.25, -0.2) is 4.79 Å². The zero-order chi connectivity index (χ0) is 17.0. The van der Waals surface area contributed by atoms with Gasteiger partial charge in [-0.3, -0.25) is 14.9 Å². The summed E-state index contributed by atoms with van der Waals surface area (Å²) in [7, 11) is 1.42. The number of carbonyl (C=O) groups is 1. The van der Waals surface area contributed by atoms with E-state index < -0.39 is 27.8 Å². The number of aromatic carboxylic acids is 1. The SMILES string of the molecule is Cn1c2c(N)cc(N)cc2c(=O)n2nc(C(=O)O)c([N+](=O)[O-])c12. The van der Waals surface area contributed by atoms with Crippen LogP contribution < -0.4 is 17.0 Å². The number of anilines is 2. The minimum atomic E-state index is -1.61. The minimum Gasteiger partial charge on any atom is -0.476 e. The van der Waals surface area contributed by atoms with Crippen LogP contribution in [-0.2, 0) is 7.05 Å². The Hall–Kier alpha value is -3.63. The Morgan fingerprint density at radius 1 is 1.39 bits per heavy atom. The molecule has 11 nitrogen and oxygen atoms in total. The molecule has 0 amide bonds. The number of nitrogens with two attached hydrogens (primary N) is 2. The summed E-state index contributed by atoms with van der Waals surface area (Å²) in [6.07, 6.45) is 0. The van der Waals surface area contributed by atoms with Gasteiger partial charge in [0.25, 0.3) is 5.56 Å². The maximum atomic E-state index is 12.5. The molecule has 23 heavy (non-hydrogen) atoms. The van der Waals surface area contributed by atoms with Crippen molar-refractivity contribution in [2.45, 2.75) is 0 Å². The van der Waals surface area contributed by atoms with E-state index in [1.807, 2.05) is 0 Å². The summed E-state index contributed by atoms with van der Waals surface area (Å²) in [5.74, 6) is -1.61. The number of hydrogen-bond acceptors (Lipinski definition) is 7. The lowest BCUT2D eigenvalue weighted by Gasteiger charge is -2.10. The number of fused-ring (bicyclic) bond motifs is 2. The molecule has 0 radical (unpaired) electrons. The molecule has 0 aliphatic carbocycles. The van der Waals surface area contributed by atoms with Gasteiger partial charge in [-0.1, -0.05) is 0 Å². The average Bonchev–Trinajstić information content (AvgIpc) is 2.85. The maximum Gasteiger partial charge on any atom is 0.363 e. The number of rotatable bonds is 2. The van der Waals surface area contributed by atoms with Crippen LogP contribution in [0.15, 0.2) is 16.9 Å². The number of hydrogen-bond donors (Lipinski definition) is 3. The Labute approximate surface area is 126 Å². The Kier molecular flexibility index (Phi) is 2.76. The molecule has 0 aliphatic heterocycles. The van der Waals surface area contributed by atoms with Crippen molar-refractivity contribution < 1.29 is 14.8 Å². The molecule has 2 aromatic heterocycles. The highest BCUT2D eigenvalue weighted by Gasteiger charge is 2.32. The summed E-state index contributed by atoms with van der Waals surface area (Å²) in [5, 5.41) is 24.0. The molecule has 0 spiro atoms. The molecule has 1 aromatic carbocycles. The number of nitrogen functional groups attached to an aromatic ring is 2. The zero-order valence-electron chi connectivity index (χ0n) is 11.7. The first-order valence-electron chi connectivity index (χ1n) is 6.22. The number of carboxylic acids is 1. The largest absolute Gasteiger partial charge is 0.476 e. The molecule has 0 aliphatic rings. The van der Waals surface area contributed by atoms with E-state index in [1.165, 1.54) is 23.7 Å². The van der Waals surface area contributed by atoms with Crippen LogP contribution >= 0.6 is 0 Å². The first-order valence-corrected chi connectivity index (χ1v) is 6.22. The fourth-order valence-electron chi connectivity index (χ4n) is 2.59. The summed E-state index contributed by atoms with van der Waals surface area (Å²) in [6.45, 7) is 0. The Bertz CT molecular complexity index is 1080. The lowest BCUT2D eigenvalue weighted by molar-refractivity contribution is -0.383. The fraction of sp³-hybridized carbons (Fsp3) is 0.0833. The molecule has 0 bridgehead atoms. The maximum absolute atomic E-state index is 12.5. The lowest BCUT2D eigenvalue weighted by Crippen LogP contribution is -2.20. The number of aromatic nitrogens is 3. The van der Waals surface area contributed by atoms with Crippen molar-refractivity contribution in [3.05, 3.63) is 38.3 Å². The van der Waals surface area contributed by atoms with Gasteiger partial charge in [0.15, 0.2) is 0 Å². The molecule has 5 N–H and O–H groups in total. The third kappa shape index (κ3) is 1.79. The van der Waals surface area contributed by atoms with Gasteiger partial charge in [-0.2, -0.15) is 4.52 Å². The van der Waals surface area contributed by atoms with Crippen molar-refractivity contribution in [2.24, 2.45) is 7.05 Å². The van der Waals surface area contributed by atoms with Gasteiger partial charge in [0.05, 0.1) is 21.5 Å². The highest BCUT2D eigenvalue weighted by Crippen LogP contribution is 2.28. The first kappa shape index (κ1) is 14.3. The molecular formula is C12H10N6O5. The second-order valence-electron chi connectivity index (χ2n) is 4.87. The second-order valence-corrected chi connectivity index (χ2v) is 4.87. The van der Waals surface area contributed by atoms with E-state index in [-0.39, 0.29) is 27.9 Å². The summed E-state index contributed by atoms with van der Waals surface area (Å²) >= 11 is 0. The summed E-state index contributed by atoms with van der Waals surface area (Å²) in [4.78, 5) is 34.1. The van der Waals surface area contributed by atoms with Gasteiger partial charge in [0, 0.05) is 12.7 Å². The van der Waals surface area contributed by atoms with Crippen LogP contribution in [0, 0.1) is 10.1 Å². The van der Waals surface area contributed by atoms with E-state index in [1.54, 1.807) is 0 Å². The second kappa shape index (κ2) is 4.43. The van der Waals surface area contributed by atoms with E-state index in [0.29, 0.717) is 4.52 Å². The zero-order valence-corrected chi connectivity index (χ0v) is 11.7. The predicted molar refractivity (Wildman–Crippen MR) is 80.4 cm³/mol. The van der Waals surface area contributed by atoms with Crippen molar-refractivity contribution >= 4 is 39.6 Å². The molecule has 0 saturated heterocycles. The number of aryl methyl sites for hydroxylation is 1. The first-order chi connectivity index (χ1) is 10.7. The third-order valence-corrected chi connectivity index (χ3v) is 3.46. The number of carboxylic acid groups (broad SMARTS) is 1. The minimum absolute atomic E-state index is 0.0758. The number of nitrogens with zero attached hydrogens (tertiary/aromatic N) is 4. The van der Waals surface area contributed by atoms with E-state index in [0.717, 1.165) is 0 Å².